The number of carbonyl (C=O) groups is 3. The number of morpholine rings is 1. The first-order chi connectivity index (χ1) is 24.6. The second-order valence-electron chi connectivity index (χ2n) is 12.5. The van der Waals surface area contributed by atoms with Gasteiger partial charge in [-0.05, 0) is 68.8 Å². The lowest BCUT2D eigenvalue weighted by atomic mass is 10.0. The molecule has 0 spiro atoms. The van der Waals surface area contributed by atoms with Crippen molar-refractivity contribution in [3.63, 3.8) is 0 Å². The summed E-state index contributed by atoms with van der Waals surface area (Å²) in [6.45, 7) is 8.01. The molecule has 0 saturated carbocycles. The average molecular weight is 704 g/mol. The molecule has 51 heavy (non-hydrogen) atoms. The van der Waals surface area contributed by atoms with E-state index < -0.39 is 35.4 Å². The predicted molar refractivity (Wildman–Crippen MR) is 185 cm³/mol. The Hall–Kier alpha value is -5.34. The van der Waals surface area contributed by atoms with Crippen LogP contribution in [0.2, 0.25) is 0 Å². The number of benzene rings is 3. The van der Waals surface area contributed by atoms with Gasteiger partial charge in [0.15, 0.2) is 23.1 Å². The smallest absolute Gasteiger partial charge is 0.331 e. The van der Waals surface area contributed by atoms with E-state index in [4.69, 9.17) is 18.9 Å². The van der Waals surface area contributed by atoms with Crippen molar-refractivity contribution in [3.8, 4) is 23.0 Å². The maximum absolute atomic E-state index is 15.5. The number of fused-ring (bicyclic) bond motifs is 1. The van der Waals surface area contributed by atoms with Crippen LogP contribution in [0.1, 0.15) is 20.3 Å². The van der Waals surface area contributed by atoms with Crippen LogP contribution in [-0.4, -0.2) is 91.8 Å². The van der Waals surface area contributed by atoms with Gasteiger partial charge in [-0.25, -0.2) is 18.5 Å². The first-order valence-corrected chi connectivity index (χ1v) is 16.7. The molecule has 2 saturated heterocycles. The van der Waals surface area contributed by atoms with Gasteiger partial charge in [0.1, 0.15) is 17.5 Å². The number of pyridine rings is 1. The lowest BCUT2D eigenvalue weighted by molar-refractivity contribution is -0.132. The number of hydrogen-bond acceptors (Lipinski definition) is 9. The Kier molecular flexibility index (Phi) is 10.9. The molecule has 12 nitrogen and oxygen atoms in total. The normalized spacial score (nSPS) is 16.9. The molecule has 2 aliphatic heterocycles. The number of ether oxygens (including phenoxy) is 4. The summed E-state index contributed by atoms with van der Waals surface area (Å²) in [6.07, 6.45) is 2.37. The minimum Gasteiger partial charge on any atom is -0.493 e. The summed E-state index contributed by atoms with van der Waals surface area (Å²) in [5.41, 5.74) is 0.767. The van der Waals surface area contributed by atoms with Crippen molar-refractivity contribution in [2.75, 3.05) is 63.3 Å². The van der Waals surface area contributed by atoms with Gasteiger partial charge in [0.05, 0.1) is 38.1 Å². The Labute approximate surface area is 293 Å². The first kappa shape index (κ1) is 35.5. The zero-order valence-corrected chi connectivity index (χ0v) is 28.6. The summed E-state index contributed by atoms with van der Waals surface area (Å²) in [5.74, 6) is -2.91. The number of methoxy groups -OCH3 is 1. The van der Waals surface area contributed by atoms with E-state index in [9.17, 15) is 18.8 Å². The first-order valence-electron chi connectivity index (χ1n) is 16.7. The van der Waals surface area contributed by atoms with Gasteiger partial charge in [0.25, 0.3) is 0 Å². The van der Waals surface area contributed by atoms with Crippen molar-refractivity contribution >= 4 is 40.1 Å². The summed E-state index contributed by atoms with van der Waals surface area (Å²) >= 11 is 0. The summed E-state index contributed by atoms with van der Waals surface area (Å²) in [5, 5.41) is 3.16. The molecule has 268 valence electrons. The van der Waals surface area contributed by atoms with Crippen molar-refractivity contribution in [1.82, 2.24) is 14.8 Å². The number of halogens is 2. The fraction of sp³-hybridized carbons (Fsp3) is 0.351. The molecule has 3 heterocycles. The van der Waals surface area contributed by atoms with Gasteiger partial charge in [-0.3, -0.25) is 19.5 Å². The second-order valence-corrected chi connectivity index (χ2v) is 12.5. The van der Waals surface area contributed by atoms with E-state index in [1.165, 1.54) is 36.3 Å². The number of imide groups is 1. The molecule has 3 aromatic carbocycles. The number of aromatic nitrogens is 1. The number of nitrogens with zero attached hydrogens (tertiary/aromatic N) is 4. The zero-order chi connectivity index (χ0) is 36.1. The van der Waals surface area contributed by atoms with Gasteiger partial charge < -0.3 is 29.2 Å². The minimum atomic E-state index is -1.30. The predicted octanol–water partition coefficient (Wildman–Crippen LogP) is 5.85. The molecular weight excluding hydrogens is 664 g/mol. The third kappa shape index (κ3) is 8.02. The van der Waals surface area contributed by atoms with Crippen LogP contribution in [0.25, 0.3) is 10.9 Å². The molecule has 0 bridgehead atoms. The van der Waals surface area contributed by atoms with Gasteiger partial charge >= 0.3 is 6.03 Å². The Bertz CT molecular complexity index is 1900. The quantitative estimate of drug-likeness (QED) is 0.143. The van der Waals surface area contributed by atoms with E-state index in [0.29, 0.717) is 34.8 Å². The monoisotopic (exact) mass is 703 g/mol. The molecule has 4 aromatic rings. The van der Waals surface area contributed by atoms with Crippen molar-refractivity contribution in [3.05, 3.63) is 78.5 Å². The zero-order valence-electron chi connectivity index (χ0n) is 28.6. The third-order valence-corrected chi connectivity index (χ3v) is 8.75. The van der Waals surface area contributed by atoms with Gasteiger partial charge in [-0.1, -0.05) is 0 Å². The number of rotatable bonds is 12. The summed E-state index contributed by atoms with van der Waals surface area (Å²) in [6, 6.07) is 12.8. The van der Waals surface area contributed by atoms with E-state index in [1.807, 2.05) is 0 Å². The number of anilines is 2. The fourth-order valence-corrected chi connectivity index (χ4v) is 5.98. The van der Waals surface area contributed by atoms with Gasteiger partial charge in [-0.2, -0.15) is 0 Å². The second kappa shape index (κ2) is 15.7. The van der Waals surface area contributed by atoms with Crippen molar-refractivity contribution in [1.29, 1.82) is 0 Å². The highest BCUT2D eigenvalue weighted by atomic mass is 19.1. The molecule has 0 aliphatic carbocycles. The molecule has 1 unspecified atom stereocenters. The molecule has 6 rings (SSSR count). The highest BCUT2D eigenvalue weighted by molar-refractivity contribution is 6.23. The van der Waals surface area contributed by atoms with Gasteiger partial charge in [0, 0.05) is 61.6 Å². The third-order valence-electron chi connectivity index (χ3n) is 8.75. The highest BCUT2D eigenvalue weighted by Gasteiger charge is 2.44. The van der Waals surface area contributed by atoms with Crippen molar-refractivity contribution < 1.29 is 42.1 Å². The van der Waals surface area contributed by atoms with Crippen LogP contribution in [0.4, 0.5) is 25.0 Å². The lowest BCUT2D eigenvalue weighted by Crippen LogP contribution is -2.61. The minimum absolute atomic E-state index is 0.0793. The number of amides is 4. The molecular formula is C37H39F2N5O7. The van der Waals surface area contributed by atoms with Crippen molar-refractivity contribution in [2.24, 2.45) is 5.92 Å². The van der Waals surface area contributed by atoms with Gasteiger partial charge in [0.2, 0.25) is 11.8 Å². The van der Waals surface area contributed by atoms with E-state index >= 15 is 4.39 Å². The summed E-state index contributed by atoms with van der Waals surface area (Å²) in [4.78, 5) is 49.1. The maximum Gasteiger partial charge on any atom is 0.331 e. The SMILES string of the molecule is COc1cc2c(Oc3ccc(NC(=O)C4CN(C(C)C)C(=O)N(c5ccc(F)cc5)C4=O)cc3F)ccnc2cc1OCCCN1CCOCC1. The van der Waals surface area contributed by atoms with Crippen LogP contribution in [0.5, 0.6) is 23.0 Å². The standard InChI is InChI=1S/C37H39F2N5O7/c1-23(2)43-22-28(36(46)44(37(43)47)26-8-5-24(38)6-9-26)35(45)41-25-7-10-32(29(39)19-25)51-31-11-12-40-30-21-34(33(48-3)20-27(30)31)50-16-4-13-42-14-17-49-18-15-42/h5-12,19-21,23,28H,4,13-18,22H2,1-3H3,(H,41,45). The van der Waals surface area contributed by atoms with Crippen LogP contribution in [-0.2, 0) is 14.3 Å². The molecule has 4 amide bonds. The van der Waals surface area contributed by atoms with Gasteiger partial charge in [-0.15, -0.1) is 0 Å². The number of nitrogens with one attached hydrogen (secondary N) is 1. The van der Waals surface area contributed by atoms with E-state index in [2.05, 4.69) is 15.2 Å². The summed E-state index contributed by atoms with van der Waals surface area (Å²) in [7, 11) is 1.53. The van der Waals surface area contributed by atoms with Crippen LogP contribution in [0.3, 0.4) is 0 Å². The van der Waals surface area contributed by atoms with Crippen LogP contribution >= 0.6 is 0 Å². The number of hydrogen-bond donors (Lipinski definition) is 1. The van der Waals surface area contributed by atoms with E-state index in [1.54, 1.807) is 38.2 Å². The molecule has 1 N–H and O–H groups in total. The average Bonchev–Trinajstić information content (AvgIpc) is 3.12. The van der Waals surface area contributed by atoms with Crippen LogP contribution in [0.15, 0.2) is 66.9 Å². The van der Waals surface area contributed by atoms with Crippen LogP contribution < -0.4 is 24.4 Å². The largest absolute Gasteiger partial charge is 0.493 e. The lowest BCUT2D eigenvalue weighted by Gasteiger charge is -2.39. The van der Waals surface area contributed by atoms with Crippen molar-refractivity contribution in [2.45, 2.75) is 26.3 Å². The molecule has 14 heteroatoms. The molecule has 0 radical (unpaired) electrons. The maximum atomic E-state index is 15.5. The highest BCUT2D eigenvalue weighted by Crippen LogP contribution is 2.38. The Morgan fingerprint density at radius 3 is 2.45 bits per heavy atom. The molecule has 2 fully saturated rings. The van der Waals surface area contributed by atoms with E-state index in [0.717, 1.165) is 62.4 Å². The number of urea groups is 1. The Morgan fingerprint density at radius 2 is 1.75 bits per heavy atom. The summed E-state index contributed by atoms with van der Waals surface area (Å²) < 4.78 is 52.0. The topological polar surface area (TPSA) is 123 Å². The Morgan fingerprint density at radius 1 is 0.980 bits per heavy atom. The molecule has 2 aliphatic rings. The number of carbonyl (C=O) groups excluding carboxylic acids is 3. The molecule has 1 atom stereocenters. The van der Waals surface area contributed by atoms with Crippen LogP contribution in [0, 0.1) is 17.6 Å². The Balaban J connectivity index is 1.14. The fourth-order valence-electron chi connectivity index (χ4n) is 5.98. The molecule has 1 aromatic heterocycles. The van der Waals surface area contributed by atoms with E-state index in [-0.39, 0.29) is 29.7 Å².